The van der Waals surface area contributed by atoms with Gasteiger partial charge in [0, 0.05) is 37.9 Å². The molecule has 6 nitrogen and oxygen atoms in total. The normalized spacial score (nSPS) is 18.3. The van der Waals surface area contributed by atoms with Crippen LogP contribution in [0.5, 0.6) is 0 Å². The molecule has 1 saturated heterocycles. The fourth-order valence-corrected chi connectivity index (χ4v) is 3.44. The molecule has 2 amide bonds. The van der Waals surface area contributed by atoms with Crippen molar-refractivity contribution in [2.75, 3.05) is 26.3 Å². The van der Waals surface area contributed by atoms with Crippen LogP contribution in [-0.4, -0.2) is 48.0 Å². The summed E-state index contributed by atoms with van der Waals surface area (Å²) in [6.07, 6.45) is 2.04. The monoisotopic (exact) mass is 325 g/mol. The molecule has 122 valence electrons. The number of ether oxygens (including phenoxy) is 1. The molecule has 2 rings (SSSR count). The second-order valence-corrected chi connectivity index (χ2v) is 6.29. The first-order chi connectivity index (χ1) is 10.6. The highest BCUT2D eigenvalue weighted by molar-refractivity contribution is 7.09. The second-order valence-electron chi connectivity index (χ2n) is 5.40. The molecule has 1 fully saturated rings. The van der Waals surface area contributed by atoms with Crippen LogP contribution in [0.2, 0.25) is 0 Å². The number of hydrogen-bond donors (Lipinski definition) is 1. The number of carbonyl (C=O) groups is 2. The zero-order chi connectivity index (χ0) is 15.9. The van der Waals surface area contributed by atoms with Gasteiger partial charge in [-0.15, -0.1) is 11.3 Å². The number of amides is 2. The van der Waals surface area contributed by atoms with Crippen molar-refractivity contribution >= 4 is 23.2 Å². The van der Waals surface area contributed by atoms with Crippen molar-refractivity contribution in [2.45, 2.75) is 39.2 Å². The lowest BCUT2D eigenvalue weighted by Crippen LogP contribution is -2.41. The maximum Gasteiger partial charge on any atom is 0.248 e. The van der Waals surface area contributed by atoms with Gasteiger partial charge in [0.1, 0.15) is 6.61 Å². The number of nitrogens with zero attached hydrogens (tertiary/aromatic N) is 2. The largest absolute Gasteiger partial charge is 0.372 e. The Kier molecular flexibility index (Phi) is 6.33. The third-order valence-electron chi connectivity index (χ3n) is 3.64. The molecule has 1 aliphatic heterocycles. The number of rotatable bonds is 6. The number of nitrogens with one attached hydrogen (secondary N) is 1. The maximum atomic E-state index is 12.1. The molecule has 22 heavy (non-hydrogen) atoms. The topological polar surface area (TPSA) is 71.5 Å². The molecule has 2 heterocycles. The van der Waals surface area contributed by atoms with Crippen molar-refractivity contribution in [2.24, 2.45) is 0 Å². The highest BCUT2D eigenvalue weighted by atomic mass is 32.1. The standard InChI is InChI=1S/C15H23N3O3S/c1-3-21-9-14(20)18-6-4-5-12(8-18)15-17-13(10-22-15)7-16-11(2)19/h10,12H,3-9H2,1-2H3,(H,16,19). The third kappa shape index (κ3) is 4.78. The molecular formula is C15H23N3O3S. The molecule has 1 aromatic rings. The van der Waals surface area contributed by atoms with E-state index in [1.807, 2.05) is 17.2 Å². The minimum absolute atomic E-state index is 0.0556. The zero-order valence-corrected chi connectivity index (χ0v) is 13.9. The second kappa shape index (κ2) is 8.24. The molecule has 0 saturated carbocycles. The van der Waals surface area contributed by atoms with E-state index in [2.05, 4.69) is 10.3 Å². The predicted molar refractivity (Wildman–Crippen MR) is 84.7 cm³/mol. The van der Waals surface area contributed by atoms with E-state index >= 15 is 0 Å². The van der Waals surface area contributed by atoms with Crippen LogP contribution in [0.4, 0.5) is 0 Å². The summed E-state index contributed by atoms with van der Waals surface area (Å²) >= 11 is 1.61. The van der Waals surface area contributed by atoms with E-state index in [4.69, 9.17) is 4.74 Å². The average Bonchev–Trinajstić information content (AvgIpc) is 2.99. The molecule has 7 heteroatoms. The Balaban J connectivity index is 1.91. The van der Waals surface area contributed by atoms with Gasteiger partial charge in [-0.25, -0.2) is 4.98 Å². The summed E-state index contributed by atoms with van der Waals surface area (Å²) in [4.78, 5) is 29.5. The van der Waals surface area contributed by atoms with Crippen LogP contribution in [0, 0.1) is 0 Å². The number of likely N-dealkylation sites (tertiary alicyclic amines) is 1. The van der Waals surface area contributed by atoms with Gasteiger partial charge in [-0.2, -0.15) is 0 Å². The van der Waals surface area contributed by atoms with Crippen LogP contribution >= 0.6 is 11.3 Å². The SMILES string of the molecule is CCOCC(=O)N1CCCC(c2nc(CNC(C)=O)cs2)C1. The van der Waals surface area contributed by atoms with Gasteiger partial charge >= 0.3 is 0 Å². The quantitative estimate of drug-likeness (QED) is 0.861. The first kappa shape index (κ1) is 16.9. The summed E-state index contributed by atoms with van der Waals surface area (Å²) in [6.45, 7) is 6.07. The Morgan fingerprint density at radius 1 is 1.55 bits per heavy atom. The fraction of sp³-hybridized carbons (Fsp3) is 0.667. The summed E-state index contributed by atoms with van der Waals surface area (Å²) < 4.78 is 5.20. The molecular weight excluding hydrogens is 302 g/mol. The molecule has 0 aromatic carbocycles. The molecule has 0 spiro atoms. The van der Waals surface area contributed by atoms with Gasteiger partial charge in [-0.3, -0.25) is 9.59 Å². The summed E-state index contributed by atoms with van der Waals surface area (Å²) in [5.74, 6) is 0.289. The lowest BCUT2D eigenvalue weighted by molar-refractivity contribution is -0.137. The molecule has 1 N–H and O–H groups in total. The number of thiazole rings is 1. The number of hydrogen-bond acceptors (Lipinski definition) is 5. The van der Waals surface area contributed by atoms with Gasteiger partial charge in [-0.05, 0) is 19.8 Å². The van der Waals surface area contributed by atoms with Crippen molar-refractivity contribution in [3.05, 3.63) is 16.1 Å². The first-order valence-electron chi connectivity index (χ1n) is 7.64. The smallest absolute Gasteiger partial charge is 0.248 e. The molecule has 0 aliphatic carbocycles. The highest BCUT2D eigenvalue weighted by Crippen LogP contribution is 2.29. The highest BCUT2D eigenvalue weighted by Gasteiger charge is 2.26. The Morgan fingerprint density at radius 2 is 2.36 bits per heavy atom. The minimum Gasteiger partial charge on any atom is -0.372 e. The van der Waals surface area contributed by atoms with Crippen LogP contribution in [0.3, 0.4) is 0 Å². The van der Waals surface area contributed by atoms with E-state index in [1.54, 1.807) is 11.3 Å². The number of aromatic nitrogens is 1. The summed E-state index contributed by atoms with van der Waals surface area (Å²) in [7, 11) is 0. The van der Waals surface area contributed by atoms with Crippen molar-refractivity contribution in [3.63, 3.8) is 0 Å². The zero-order valence-electron chi connectivity index (χ0n) is 13.1. The minimum atomic E-state index is -0.0556. The number of piperidine rings is 1. The molecule has 1 aliphatic rings. The Morgan fingerprint density at radius 3 is 3.09 bits per heavy atom. The van der Waals surface area contributed by atoms with Gasteiger partial charge in [0.25, 0.3) is 0 Å². The van der Waals surface area contributed by atoms with Crippen molar-refractivity contribution < 1.29 is 14.3 Å². The maximum absolute atomic E-state index is 12.1. The summed E-state index contributed by atoms with van der Waals surface area (Å²) in [5, 5.41) is 5.78. The average molecular weight is 325 g/mol. The van der Waals surface area contributed by atoms with Gasteiger partial charge in [0.15, 0.2) is 0 Å². The van der Waals surface area contributed by atoms with E-state index in [9.17, 15) is 9.59 Å². The predicted octanol–water partition coefficient (Wildman–Crippen LogP) is 1.52. The van der Waals surface area contributed by atoms with Crippen LogP contribution in [0.25, 0.3) is 0 Å². The molecule has 0 bridgehead atoms. The van der Waals surface area contributed by atoms with Crippen molar-refractivity contribution in [1.29, 1.82) is 0 Å². The first-order valence-corrected chi connectivity index (χ1v) is 8.52. The van der Waals surface area contributed by atoms with E-state index < -0.39 is 0 Å². The third-order valence-corrected chi connectivity index (χ3v) is 4.70. The Labute approximate surface area is 134 Å². The van der Waals surface area contributed by atoms with Crippen LogP contribution in [-0.2, 0) is 20.9 Å². The Bertz CT molecular complexity index is 518. The molecule has 0 radical (unpaired) electrons. The van der Waals surface area contributed by atoms with E-state index in [-0.39, 0.29) is 24.3 Å². The van der Waals surface area contributed by atoms with Gasteiger partial charge in [-0.1, -0.05) is 0 Å². The lowest BCUT2D eigenvalue weighted by atomic mass is 9.98. The summed E-state index contributed by atoms with van der Waals surface area (Å²) in [5.41, 5.74) is 0.882. The van der Waals surface area contributed by atoms with Gasteiger partial charge in [0.2, 0.25) is 11.8 Å². The summed E-state index contributed by atoms with van der Waals surface area (Å²) in [6, 6.07) is 0. The van der Waals surface area contributed by atoms with E-state index in [1.165, 1.54) is 6.92 Å². The Hall–Kier alpha value is -1.47. The van der Waals surface area contributed by atoms with Crippen LogP contribution in [0.15, 0.2) is 5.38 Å². The van der Waals surface area contributed by atoms with E-state index in [0.717, 1.165) is 30.1 Å². The lowest BCUT2D eigenvalue weighted by Gasteiger charge is -2.31. The van der Waals surface area contributed by atoms with Crippen molar-refractivity contribution in [3.8, 4) is 0 Å². The van der Waals surface area contributed by atoms with Gasteiger partial charge < -0.3 is 15.0 Å². The molecule has 1 aromatic heterocycles. The molecule has 1 unspecified atom stereocenters. The van der Waals surface area contributed by atoms with Crippen LogP contribution in [0.1, 0.15) is 43.3 Å². The number of carbonyl (C=O) groups excluding carboxylic acids is 2. The van der Waals surface area contributed by atoms with Crippen LogP contribution < -0.4 is 5.32 Å². The van der Waals surface area contributed by atoms with Gasteiger partial charge in [0.05, 0.1) is 17.2 Å². The fourth-order valence-electron chi connectivity index (χ4n) is 2.49. The molecule has 1 atom stereocenters. The van der Waals surface area contributed by atoms with E-state index in [0.29, 0.717) is 19.7 Å². The van der Waals surface area contributed by atoms with Crippen molar-refractivity contribution in [1.82, 2.24) is 15.2 Å².